The van der Waals surface area contributed by atoms with Crippen molar-refractivity contribution >= 4 is 17.3 Å². The topological polar surface area (TPSA) is 55.6 Å². The fourth-order valence-electron chi connectivity index (χ4n) is 2.85. The van der Waals surface area contributed by atoms with Crippen molar-refractivity contribution in [2.24, 2.45) is 0 Å². The van der Waals surface area contributed by atoms with Gasteiger partial charge in [0.25, 0.3) is 0 Å². The lowest BCUT2D eigenvalue weighted by atomic mass is 9.94. The van der Waals surface area contributed by atoms with Crippen molar-refractivity contribution in [2.45, 2.75) is 26.3 Å². The van der Waals surface area contributed by atoms with Crippen LogP contribution in [0.5, 0.6) is 5.88 Å². The van der Waals surface area contributed by atoms with Gasteiger partial charge in [-0.25, -0.2) is 9.78 Å². The van der Waals surface area contributed by atoms with E-state index in [2.05, 4.69) is 36.3 Å². The highest BCUT2D eigenvalue weighted by molar-refractivity contribution is 5.70. The van der Waals surface area contributed by atoms with E-state index >= 15 is 0 Å². The molecule has 0 spiro atoms. The Balaban J connectivity index is 1.97. The summed E-state index contributed by atoms with van der Waals surface area (Å²) in [5.74, 6) is 2.34. The van der Waals surface area contributed by atoms with Crippen LogP contribution in [0.3, 0.4) is 0 Å². The zero-order valence-electron chi connectivity index (χ0n) is 14.6. The van der Waals surface area contributed by atoms with E-state index in [1.165, 1.54) is 11.6 Å². The number of hydrogen-bond acceptors (Lipinski definition) is 4. The van der Waals surface area contributed by atoms with Crippen LogP contribution >= 0.6 is 0 Å². The Hall–Kier alpha value is -3.04. The summed E-state index contributed by atoms with van der Waals surface area (Å²) in [6, 6.07) is 14.2. The number of benzene rings is 1. The third kappa shape index (κ3) is 3.42. The third-order valence-electron chi connectivity index (χ3n) is 4.10. The zero-order valence-corrected chi connectivity index (χ0v) is 14.6. The average molecular weight is 335 g/mol. The van der Waals surface area contributed by atoms with Gasteiger partial charge in [-0.15, -0.1) is 0 Å². The molecular weight excluding hydrogens is 314 g/mol. The number of pyridine rings is 1. The maximum absolute atomic E-state index is 10.3. The van der Waals surface area contributed by atoms with Crippen LogP contribution in [-0.4, -0.2) is 21.9 Å². The van der Waals surface area contributed by atoms with Crippen LogP contribution in [0.25, 0.3) is 5.65 Å². The molecule has 3 rings (SSSR count). The largest absolute Gasteiger partial charge is 0.472 e. The summed E-state index contributed by atoms with van der Waals surface area (Å²) in [6.07, 6.45) is 3.20. The van der Waals surface area contributed by atoms with Gasteiger partial charge in [-0.3, -0.25) is 4.40 Å². The summed E-state index contributed by atoms with van der Waals surface area (Å²) < 4.78 is 7.54. The monoisotopic (exact) mass is 335 g/mol. The molecule has 0 bridgehead atoms. The molecule has 0 saturated heterocycles. The number of hydrogen-bond donors (Lipinski definition) is 1. The molecule has 0 unspecified atom stereocenters. The van der Waals surface area contributed by atoms with E-state index in [0.29, 0.717) is 5.88 Å². The van der Waals surface area contributed by atoms with Gasteiger partial charge in [-0.05, 0) is 38.5 Å². The Kier molecular flexibility index (Phi) is 4.59. The highest BCUT2D eigenvalue weighted by atomic mass is 16.5. The Morgan fingerprint density at radius 1 is 1.24 bits per heavy atom. The smallest absolute Gasteiger partial charge is 0.221 e. The number of nitrogens with one attached hydrogen (secondary N) is 1. The normalized spacial score (nSPS) is 11.2. The standard InChI is InChI=1S/C20H21N3O2/c1-15-19(25-14-8-13-24)23-12-7-11-17(18(23)21-15)22-20(2,3)16-9-5-4-6-10-16/h4-12,22H,14H2,1-3H3. The van der Waals surface area contributed by atoms with Crippen molar-refractivity contribution in [2.75, 3.05) is 11.9 Å². The van der Waals surface area contributed by atoms with Gasteiger partial charge in [0.05, 0.1) is 11.2 Å². The van der Waals surface area contributed by atoms with Gasteiger partial charge in [0.1, 0.15) is 18.2 Å². The first-order valence-electron chi connectivity index (χ1n) is 8.16. The second kappa shape index (κ2) is 6.83. The van der Waals surface area contributed by atoms with Crippen LogP contribution in [0.1, 0.15) is 25.1 Å². The lowest BCUT2D eigenvalue weighted by Crippen LogP contribution is -2.28. The Labute approximate surface area is 147 Å². The predicted octanol–water partition coefficient (Wildman–Crippen LogP) is 3.76. The lowest BCUT2D eigenvalue weighted by Gasteiger charge is -2.28. The van der Waals surface area contributed by atoms with Gasteiger partial charge in [-0.2, -0.15) is 0 Å². The van der Waals surface area contributed by atoms with Gasteiger partial charge in [0.15, 0.2) is 5.65 Å². The van der Waals surface area contributed by atoms with Gasteiger partial charge in [0.2, 0.25) is 5.88 Å². The summed E-state index contributed by atoms with van der Waals surface area (Å²) in [7, 11) is 0. The van der Waals surface area contributed by atoms with E-state index in [0.717, 1.165) is 17.0 Å². The molecule has 0 amide bonds. The molecule has 1 aromatic carbocycles. The molecule has 0 saturated carbocycles. The Morgan fingerprint density at radius 2 is 2.00 bits per heavy atom. The number of fused-ring (bicyclic) bond motifs is 1. The van der Waals surface area contributed by atoms with Crippen LogP contribution in [0.4, 0.5) is 5.69 Å². The maximum Gasteiger partial charge on any atom is 0.221 e. The van der Waals surface area contributed by atoms with Crippen molar-refractivity contribution in [3.05, 3.63) is 66.0 Å². The van der Waals surface area contributed by atoms with E-state index in [9.17, 15) is 4.79 Å². The molecule has 3 aromatic rings. The molecule has 0 fully saturated rings. The molecule has 0 radical (unpaired) electrons. The second-order valence-electron chi connectivity index (χ2n) is 6.37. The van der Waals surface area contributed by atoms with Gasteiger partial charge < -0.3 is 10.1 Å². The van der Waals surface area contributed by atoms with E-state index < -0.39 is 0 Å². The molecule has 0 aliphatic carbocycles. The summed E-state index contributed by atoms with van der Waals surface area (Å²) in [5, 5.41) is 3.58. The zero-order chi connectivity index (χ0) is 17.9. The molecule has 2 heterocycles. The fourth-order valence-corrected chi connectivity index (χ4v) is 2.85. The first kappa shape index (κ1) is 16.8. The molecule has 1 N–H and O–H groups in total. The first-order valence-corrected chi connectivity index (χ1v) is 8.16. The van der Waals surface area contributed by atoms with Crippen molar-refractivity contribution in [3.8, 4) is 5.88 Å². The number of carbonyl (C=O) groups excluding carboxylic acids is 1. The average Bonchev–Trinajstić information content (AvgIpc) is 2.93. The summed E-state index contributed by atoms with van der Waals surface area (Å²) in [4.78, 5) is 15.0. The second-order valence-corrected chi connectivity index (χ2v) is 6.37. The number of aryl methyl sites for hydroxylation is 1. The van der Waals surface area contributed by atoms with Gasteiger partial charge >= 0.3 is 0 Å². The van der Waals surface area contributed by atoms with Crippen LogP contribution in [0.15, 0.2) is 54.7 Å². The predicted molar refractivity (Wildman–Crippen MR) is 98.8 cm³/mol. The fraction of sp³-hybridized carbons (Fsp3) is 0.250. The van der Waals surface area contributed by atoms with Gasteiger partial charge in [-0.1, -0.05) is 30.3 Å². The van der Waals surface area contributed by atoms with Crippen LogP contribution in [0.2, 0.25) is 0 Å². The molecule has 0 atom stereocenters. The molecule has 0 aliphatic rings. The molecule has 2 aromatic heterocycles. The van der Waals surface area contributed by atoms with Crippen molar-refractivity contribution in [3.63, 3.8) is 0 Å². The summed E-state index contributed by atoms with van der Waals surface area (Å²) >= 11 is 0. The van der Waals surface area contributed by atoms with E-state index in [4.69, 9.17) is 4.74 Å². The molecule has 5 nitrogen and oxygen atoms in total. The van der Waals surface area contributed by atoms with Crippen molar-refractivity contribution in [1.29, 1.82) is 0 Å². The number of rotatable bonds is 6. The molecule has 5 heteroatoms. The Bertz CT molecular complexity index is 923. The minimum Gasteiger partial charge on any atom is -0.472 e. The van der Waals surface area contributed by atoms with Crippen molar-refractivity contribution < 1.29 is 9.53 Å². The Morgan fingerprint density at radius 3 is 2.72 bits per heavy atom. The van der Waals surface area contributed by atoms with Gasteiger partial charge in [0, 0.05) is 12.3 Å². The minimum atomic E-state index is -0.260. The maximum atomic E-state index is 10.3. The number of aromatic nitrogens is 2. The number of nitrogens with zero attached hydrogens (tertiary/aromatic N) is 2. The highest BCUT2D eigenvalue weighted by Gasteiger charge is 2.22. The van der Waals surface area contributed by atoms with Crippen molar-refractivity contribution in [1.82, 2.24) is 9.38 Å². The highest BCUT2D eigenvalue weighted by Crippen LogP contribution is 2.30. The number of anilines is 1. The van der Waals surface area contributed by atoms with E-state index in [-0.39, 0.29) is 12.1 Å². The minimum absolute atomic E-state index is 0.172. The third-order valence-corrected chi connectivity index (χ3v) is 4.10. The molecule has 128 valence electrons. The number of ether oxygens (including phenoxy) is 1. The SMILES string of the molecule is Cc1nc2c(NC(C)(C)c3ccccc3)cccn2c1OCC=C=O. The molecule has 0 aliphatic heterocycles. The first-order chi connectivity index (χ1) is 12.0. The van der Waals surface area contributed by atoms with E-state index in [1.54, 1.807) is 5.94 Å². The van der Waals surface area contributed by atoms with Crippen LogP contribution in [-0.2, 0) is 10.3 Å². The quantitative estimate of drug-likeness (QED) is 0.697. The molecular formula is C20H21N3O2. The van der Waals surface area contributed by atoms with E-state index in [1.807, 2.05) is 47.9 Å². The number of imidazole rings is 1. The summed E-state index contributed by atoms with van der Waals surface area (Å²) in [5.41, 5.74) is 3.40. The summed E-state index contributed by atoms with van der Waals surface area (Å²) in [6.45, 7) is 6.33. The lowest BCUT2D eigenvalue weighted by molar-refractivity contribution is 0.343. The van der Waals surface area contributed by atoms with Crippen LogP contribution in [0, 0.1) is 6.92 Å². The molecule has 25 heavy (non-hydrogen) atoms. The van der Waals surface area contributed by atoms with Crippen LogP contribution < -0.4 is 10.1 Å².